The summed E-state index contributed by atoms with van der Waals surface area (Å²) in [6.07, 6.45) is 0.662. The van der Waals surface area contributed by atoms with E-state index in [0.717, 1.165) is 10.6 Å². The highest BCUT2D eigenvalue weighted by Crippen LogP contribution is 2.24. The molecule has 0 amide bonds. The molecule has 0 spiro atoms. The lowest BCUT2D eigenvalue weighted by Crippen LogP contribution is -1.86. The molecule has 0 radical (unpaired) electrons. The SMILES string of the molecule is O=Cc1cc(F)cc(SCc2ccccc2)c1. The second-order valence-corrected chi connectivity index (χ2v) is 4.66. The van der Waals surface area contributed by atoms with Gasteiger partial charge in [-0.2, -0.15) is 0 Å². The van der Waals surface area contributed by atoms with E-state index in [1.165, 1.54) is 29.5 Å². The minimum Gasteiger partial charge on any atom is -0.298 e. The van der Waals surface area contributed by atoms with Gasteiger partial charge >= 0.3 is 0 Å². The number of carbonyl (C=O) groups excluding carboxylic acids is 1. The molecule has 86 valence electrons. The average molecular weight is 246 g/mol. The van der Waals surface area contributed by atoms with Gasteiger partial charge in [0.2, 0.25) is 0 Å². The molecule has 0 bridgehead atoms. The highest BCUT2D eigenvalue weighted by Gasteiger charge is 2.01. The van der Waals surface area contributed by atoms with E-state index in [1.807, 2.05) is 30.3 Å². The fourth-order valence-corrected chi connectivity index (χ4v) is 2.42. The molecule has 0 unspecified atom stereocenters. The highest BCUT2D eigenvalue weighted by molar-refractivity contribution is 7.98. The summed E-state index contributed by atoms with van der Waals surface area (Å²) in [4.78, 5) is 11.4. The maximum absolute atomic E-state index is 13.2. The normalized spacial score (nSPS) is 10.2. The molecule has 0 aliphatic rings. The molecule has 0 saturated heterocycles. The molecule has 0 N–H and O–H groups in total. The Balaban J connectivity index is 2.09. The van der Waals surface area contributed by atoms with Crippen molar-refractivity contribution in [2.45, 2.75) is 10.6 Å². The van der Waals surface area contributed by atoms with Crippen LogP contribution >= 0.6 is 11.8 Å². The Hall–Kier alpha value is -1.61. The molecule has 2 aromatic rings. The number of thioether (sulfide) groups is 1. The van der Waals surface area contributed by atoms with Crippen molar-refractivity contribution in [3.63, 3.8) is 0 Å². The molecule has 2 rings (SSSR count). The standard InChI is InChI=1S/C14H11FOS/c15-13-6-12(9-16)7-14(8-13)17-10-11-4-2-1-3-5-11/h1-9H,10H2. The first-order valence-electron chi connectivity index (χ1n) is 5.20. The van der Waals surface area contributed by atoms with Crippen LogP contribution in [-0.4, -0.2) is 6.29 Å². The quantitative estimate of drug-likeness (QED) is 0.600. The molecular weight excluding hydrogens is 235 g/mol. The summed E-state index contributed by atoms with van der Waals surface area (Å²) in [6.45, 7) is 0. The monoisotopic (exact) mass is 246 g/mol. The van der Waals surface area contributed by atoms with E-state index in [1.54, 1.807) is 6.07 Å². The Morgan fingerprint density at radius 3 is 2.59 bits per heavy atom. The fraction of sp³-hybridized carbons (Fsp3) is 0.0714. The van der Waals surface area contributed by atoms with E-state index in [-0.39, 0.29) is 5.82 Å². The van der Waals surface area contributed by atoms with Gasteiger partial charge in [-0.25, -0.2) is 4.39 Å². The van der Waals surface area contributed by atoms with Crippen molar-refractivity contribution in [3.05, 3.63) is 65.5 Å². The minimum atomic E-state index is -0.370. The zero-order valence-corrected chi connectivity index (χ0v) is 9.91. The summed E-state index contributed by atoms with van der Waals surface area (Å²) in [5.41, 5.74) is 1.55. The number of rotatable bonds is 4. The number of hydrogen-bond acceptors (Lipinski definition) is 2. The Kier molecular flexibility index (Phi) is 3.94. The highest BCUT2D eigenvalue weighted by atomic mass is 32.2. The van der Waals surface area contributed by atoms with Crippen molar-refractivity contribution in [1.29, 1.82) is 0 Å². The Morgan fingerprint density at radius 1 is 1.12 bits per heavy atom. The molecule has 0 saturated carbocycles. The number of carbonyl (C=O) groups is 1. The van der Waals surface area contributed by atoms with Crippen LogP contribution < -0.4 is 0 Å². The number of halogens is 1. The Bertz CT molecular complexity index is 511. The zero-order chi connectivity index (χ0) is 12.1. The van der Waals surface area contributed by atoms with Crippen molar-refractivity contribution in [2.75, 3.05) is 0 Å². The molecule has 3 heteroatoms. The van der Waals surface area contributed by atoms with Crippen molar-refractivity contribution in [1.82, 2.24) is 0 Å². The summed E-state index contributed by atoms with van der Waals surface area (Å²) in [5.74, 6) is 0.396. The summed E-state index contributed by atoms with van der Waals surface area (Å²) in [5, 5.41) is 0. The average Bonchev–Trinajstić information content (AvgIpc) is 2.37. The van der Waals surface area contributed by atoms with E-state index < -0.39 is 0 Å². The topological polar surface area (TPSA) is 17.1 Å². The molecule has 0 heterocycles. The van der Waals surface area contributed by atoms with Gasteiger partial charge in [0, 0.05) is 16.2 Å². The molecule has 0 atom stereocenters. The molecule has 1 nitrogen and oxygen atoms in total. The molecule has 0 aliphatic carbocycles. The van der Waals surface area contributed by atoms with Crippen molar-refractivity contribution >= 4 is 18.0 Å². The number of hydrogen-bond donors (Lipinski definition) is 0. The first kappa shape index (κ1) is 11.9. The van der Waals surface area contributed by atoms with Gasteiger partial charge in [-0.05, 0) is 23.8 Å². The van der Waals surface area contributed by atoms with Crippen LogP contribution in [0, 0.1) is 5.82 Å². The van der Waals surface area contributed by atoms with E-state index in [9.17, 15) is 9.18 Å². The zero-order valence-electron chi connectivity index (χ0n) is 9.10. The first-order chi connectivity index (χ1) is 8.28. The molecule has 2 aromatic carbocycles. The van der Waals surface area contributed by atoms with Gasteiger partial charge in [-0.15, -0.1) is 11.8 Å². The van der Waals surface area contributed by atoms with Crippen molar-refractivity contribution < 1.29 is 9.18 Å². The van der Waals surface area contributed by atoms with Gasteiger partial charge < -0.3 is 0 Å². The predicted octanol–water partition coefficient (Wildman–Crippen LogP) is 3.93. The summed E-state index contributed by atoms with van der Waals surface area (Å²) in [6, 6.07) is 14.3. The van der Waals surface area contributed by atoms with Gasteiger partial charge in [0.1, 0.15) is 12.1 Å². The van der Waals surface area contributed by atoms with Gasteiger partial charge in [0.25, 0.3) is 0 Å². The van der Waals surface area contributed by atoms with Crippen LogP contribution in [-0.2, 0) is 5.75 Å². The van der Waals surface area contributed by atoms with Crippen LogP contribution in [0.25, 0.3) is 0 Å². The number of aldehydes is 1. The smallest absolute Gasteiger partial charge is 0.150 e. The lowest BCUT2D eigenvalue weighted by atomic mass is 10.2. The minimum absolute atomic E-state index is 0.370. The summed E-state index contributed by atoms with van der Waals surface area (Å²) in [7, 11) is 0. The van der Waals surface area contributed by atoms with Gasteiger partial charge in [-0.3, -0.25) is 4.79 Å². The van der Waals surface area contributed by atoms with Crippen LogP contribution in [0.4, 0.5) is 4.39 Å². The largest absolute Gasteiger partial charge is 0.298 e. The fourth-order valence-electron chi connectivity index (χ4n) is 1.48. The van der Waals surface area contributed by atoms with Gasteiger partial charge in [-0.1, -0.05) is 30.3 Å². The van der Waals surface area contributed by atoms with Crippen LogP contribution in [0.5, 0.6) is 0 Å². The van der Waals surface area contributed by atoms with Crippen LogP contribution in [0.2, 0.25) is 0 Å². The summed E-state index contributed by atoms with van der Waals surface area (Å²) < 4.78 is 13.2. The van der Waals surface area contributed by atoms with Crippen molar-refractivity contribution in [2.24, 2.45) is 0 Å². The second-order valence-electron chi connectivity index (χ2n) is 3.61. The lowest BCUT2D eigenvalue weighted by molar-refractivity contribution is 0.112. The summed E-state index contributed by atoms with van der Waals surface area (Å²) >= 11 is 1.52. The van der Waals surface area contributed by atoms with E-state index in [0.29, 0.717) is 11.8 Å². The van der Waals surface area contributed by atoms with Crippen LogP contribution in [0.1, 0.15) is 15.9 Å². The van der Waals surface area contributed by atoms with E-state index >= 15 is 0 Å². The molecule has 17 heavy (non-hydrogen) atoms. The lowest BCUT2D eigenvalue weighted by Gasteiger charge is -2.03. The van der Waals surface area contributed by atoms with E-state index in [2.05, 4.69) is 0 Å². The van der Waals surface area contributed by atoms with Crippen LogP contribution in [0.15, 0.2) is 53.4 Å². The molecule has 0 fully saturated rings. The Morgan fingerprint density at radius 2 is 1.88 bits per heavy atom. The third kappa shape index (κ3) is 3.43. The second kappa shape index (κ2) is 5.64. The van der Waals surface area contributed by atoms with Gasteiger partial charge in [0.05, 0.1) is 0 Å². The molecule has 0 aromatic heterocycles. The third-order valence-electron chi connectivity index (χ3n) is 2.28. The first-order valence-corrected chi connectivity index (χ1v) is 6.19. The molecule has 0 aliphatic heterocycles. The van der Waals surface area contributed by atoms with Crippen molar-refractivity contribution in [3.8, 4) is 0 Å². The van der Waals surface area contributed by atoms with Crippen LogP contribution in [0.3, 0.4) is 0 Å². The predicted molar refractivity (Wildman–Crippen MR) is 67.8 cm³/mol. The third-order valence-corrected chi connectivity index (χ3v) is 3.32. The number of benzene rings is 2. The maximum atomic E-state index is 13.2. The Labute approximate surface area is 104 Å². The van der Waals surface area contributed by atoms with Gasteiger partial charge in [0.15, 0.2) is 0 Å². The molecular formula is C14H11FOS. The van der Waals surface area contributed by atoms with E-state index in [4.69, 9.17) is 0 Å². The maximum Gasteiger partial charge on any atom is 0.150 e.